The number of aryl methyl sites for hydroxylation is 1. The number of unbranched alkanes of at least 4 members (excludes halogenated alkanes) is 1. The van der Waals surface area contributed by atoms with E-state index in [4.69, 9.17) is 6.42 Å². The van der Waals surface area contributed by atoms with Crippen LogP contribution in [-0.4, -0.2) is 20.7 Å². The maximum atomic E-state index is 13.2. The van der Waals surface area contributed by atoms with E-state index in [1.807, 2.05) is 48.5 Å². The van der Waals surface area contributed by atoms with Crippen LogP contribution in [0.1, 0.15) is 34.7 Å². The molecule has 29 heavy (non-hydrogen) atoms. The fourth-order valence-electron chi connectivity index (χ4n) is 3.43. The number of carbonyl (C=O) groups excluding carboxylic acids is 1. The van der Waals surface area contributed by atoms with Gasteiger partial charge in [0.25, 0.3) is 5.56 Å². The minimum Gasteiger partial charge on any atom is -0.337 e. The Hall–Kier alpha value is -3.91. The predicted molar refractivity (Wildman–Crippen MR) is 114 cm³/mol. The highest BCUT2D eigenvalue weighted by atomic mass is 16.1. The molecule has 0 radical (unpaired) electrons. The number of benzene rings is 2. The number of terminal acetylenes is 1. The van der Waals surface area contributed by atoms with Crippen LogP contribution in [0.3, 0.4) is 0 Å². The number of fused-ring (bicyclic) bond motifs is 1. The van der Waals surface area contributed by atoms with Crippen LogP contribution in [0.4, 0.5) is 0 Å². The highest BCUT2D eigenvalue weighted by Crippen LogP contribution is 2.31. The molecule has 4 rings (SSSR count). The van der Waals surface area contributed by atoms with Crippen molar-refractivity contribution in [3.05, 3.63) is 88.1 Å². The Morgan fingerprint density at radius 2 is 1.69 bits per heavy atom. The maximum Gasteiger partial charge on any atom is 0.283 e. The summed E-state index contributed by atoms with van der Waals surface area (Å²) in [6, 6.07) is 18.4. The summed E-state index contributed by atoms with van der Waals surface area (Å²) >= 11 is 0. The molecule has 5 heteroatoms. The number of aromatic amines is 2. The number of ketones is 1. The molecule has 0 unspecified atom stereocenters. The van der Waals surface area contributed by atoms with Gasteiger partial charge < -0.3 is 9.97 Å². The van der Waals surface area contributed by atoms with E-state index >= 15 is 0 Å². The lowest BCUT2D eigenvalue weighted by atomic mass is 9.98. The number of rotatable bonds is 6. The van der Waals surface area contributed by atoms with E-state index in [0.717, 1.165) is 12.0 Å². The smallest absolute Gasteiger partial charge is 0.283 e. The van der Waals surface area contributed by atoms with Crippen molar-refractivity contribution in [3.63, 3.8) is 0 Å². The van der Waals surface area contributed by atoms with Gasteiger partial charge in [-0.05, 0) is 12.0 Å². The Bertz CT molecular complexity index is 1260. The minimum atomic E-state index is -0.364. The van der Waals surface area contributed by atoms with Crippen LogP contribution in [0.5, 0.6) is 0 Å². The summed E-state index contributed by atoms with van der Waals surface area (Å²) in [6.45, 7) is 0. The second kappa shape index (κ2) is 7.99. The number of hydrogen-bond donors (Lipinski definition) is 2. The molecule has 2 aromatic carbocycles. The van der Waals surface area contributed by atoms with Gasteiger partial charge in [0.1, 0.15) is 11.5 Å². The molecular formula is C24H19N3O2. The first-order valence-electron chi connectivity index (χ1n) is 9.42. The van der Waals surface area contributed by atoms with Gasteiger partial charge in [-0.2, -0.15) is 4.98 Å². The Morgan fingerprint density at radius 1 is 1.00 bits per heavy atom. The van der Waals surface area contributed by atoms with Gasteiger partial charge in [0, 0.05) is 24.0 Å². The molecule has 0 saturated carbocycles. The van der Waals surface area contributed by atoms with Crippen molar-refractivity contribution in [1.29, 1.82) is 0 Å². The van der Waals surface area contributed by atoms with Crippen molar-refractivity contribution in [2.45, 2.75) is 19.3 Å². The van der Waals surface area contributed by atoms with Crippen LogP contribution in [0.25, 0.3) is 22.2 Å². The first-order valence-corrected chi connectivity index (χ1v) is 9.42. The van der Waals surface area contributed by atoms with Crippen molar-refractivity contribution in [3.8, 4) is 23.5 Å². The highest BCUT2D eigenvalue weighted by molar-refractivity contribution is 6.16. The fraction of sp³-hybridized carbons (Fsp3) is 0.125. The quantitative estimate of drug-likeness (QED) is 0.300. The van der Waals surface area contributed by atoms with E-state index in [0.29, 0.717) is 46.5 Å². The summed E-state index contributed by atoms with van der Waals surface area (Å²) in [5.74, 6) is 2.96. The highest BCUT2D eigenvalue weighted by Gasteiger charge is 2.23. The third-order valence-electron chi connectivity index (χ3n) is 4.78. The molecule has 0 amide bonds. The predicted octanol–water partition coefficient (Wildman–Crippen LogP) is 4.11. The molecule has 0 fully saturated rings. The lowest BCUT2D eigenvalue weighted by Gasteiger charge is -2.04. The molecule has 5 nitrogen and oxygen atoms in total. The molecule has 0 saturated heterocycles. The topological polar surface area (TPSA) is 78.6 Å². The average molecular weight is 381 g/mol. The van der Waals surface area contributed by atoms with Gasteiger partial charge in [-0.3, -0.25) is 9.59 Å². The van der Waals surface area contributed by atoms with Crippen LogP contribution in [0.2, 0.25) is 0 Å². The van der Waals surface area contributed by atoms with Crippen molar-refractivity contribution < 1.29 is 4.79 Å². The minimum absolute atomic E-state index is 0.178. The Labute approximate surface area is 167 Å². The zero-order chi connectivity index (χ0) is 20.2. The Kier molecular flexibility index (Phi) is 5.08. The van der Waals surface area contributed by atoms with Crippen LogP contribution >= 0.6 is 0 Å². The van der Waals surface area contributed by atoms with Crippen molar-refractivity contribution in [1.82, 2.24) is 15.0 Å². The fourth-order valence-corrected chi connectivity index (χ4v) is 3.43. The van der Waals surface area contributed by atoms with Gasteiger partial charge in [0.2, 0.25) is 5.78 Å². The lowest BCUT2D eigenvalue weighted by molar-refractivity contribution is 0.103. The third kappa shape index (κ3) is 3.61. The number of carbonyl (C=O) groups is 1. The standard InChI is InChI=1S/C24H19N3O2/c1-2-3-6-15-18-25-23-20(24(29)26-18)19(16-11-7-4-8-12-16)21(27-23)22(28)17-13-9-5-10-14-17/h1,4-5,7-14H,3,6,15H2,(H2,25,26,27,29). The normalized spacial score (nSPS) is 10.7. The monoisotopic (exact) mass is 381 g/mol. The van der Waals surface area contributed by atoms with Gasteiger partial charge in [-0.1, -0.05) is 60.7 Å². The average Bonchev–Trinajstić information content (AvgIpc) is 3.15. The van der Waals surface area contributed by atoms with E-state index in [-0.39, 0.29) is 11.3 Å². The lowest BCUT2D eigenvalue weighted by Crippen LogP contribution is -2.12. The molecule has 0 aliphatic carbocycles. The summed E-state index contributed by atoms with van der Waals surface area (Å²) in [5, 5.41) is 0.385. The SMILES string of the molecule is C#CCCCc1nc(=O)c2c(-c3ccccc3)c(C(=O)c3ccccc3)[nH]c2[nH]1. The van der Waals surface area contributed by atoms with E-state index in [1.165, 1.54) is 0 Å². The zero-order valence-corrected chi connectivity index (χ0v) is 15.7. The first-order chi connectivity index (χ1) is 14.2. The van der Waals surface area contributed by atoms with E-state index in [9.17, 15) is 9.59 Å². The Balaban J connectivity index is 1.92. The van der Waals surface area contributed by atoms with E-state index in [2.05, 4.69) is 20.9 Å². The number of H-pyrrole nitrogens is 2. The molecule has 0 spiro atoms. The van der Waals surface area contributed by atoms with Crippen LogP contribution in [0.15, 0.2) is 65.5 Å². The van der Waals surface area contributed by atoms with E-state index < -0.39 is 0 Å². The summed E-state index contributed by atoms with van der Waals surface area (Å²) in [6.07, 6.45) is 7.21. The Morgan fingerprint density at radius 3 is 2.38 bits per heavy atom. The largest absolute Gasteiger partial charge is 0.337 e. The molecule has 0 aliphatic rings. The third-order valence-corrected chi connectivity index (χ3v) is 4.78. The van der Waals surface area contributed by atoms with Gasteiger partial charge in [0.15, 0.2) is 0 Å². The zero-order valence-electron chi connectivity index (χ0n) is 15.7. The van der Waals surface area contributed by atoms with E-state index in [1.54, 1.807) is 12.1 Å². The molecule has 0 bridgehead atoms. The maximum absolute atomic E-state index is 13.2. The molecule has 2 N–H and O–H groups in total. The van der Waals surface area contributed by atoms with Crippen molar-refractivity contribution in [2.75, 3.05) is 0 Å². The van der Waals surface area contributed by atoms with Crippen molar-refractivity contribution >= 4 is 16.8 Å². The molecular weight excluding hydrogens is 362 g/mol. The summed E-state index contributed by atoms with van der Waals surface area (Å²) in [7, 11) is 0. The number of nitrogens with one attached hydrogen (secondary N) is 2. The molecule has 2 aromatic heterocycles. The van der Waals surface area contributed by atoms with Gasteiger partial charge >= 0.3 is 0 Å². The summed E-state index contributed by atoms with van der Waals surface area (Å²) in [4.78, 5) is 36.6. The summed E-state index contributed by atoms with van der Waals surface area (Å²) in [5.41, 5.74) is 2.40. The molecule has 2 heterocycles. The second-order valence-corrected chi connectivity index (χ2v) is 6.73. The number of nitrogens with zero attached hydrogens (tertiary/aromatic N) is 1. The van der Waals surface area contributed by atoms with Crippen LogP contribution < -0.4 is 5.56 Å². The molecule has 0 atom stereocenters. The summed E-state index contributed by atoms with van der Waals surface area (Å²) < 4.78 is 0. The first kappa shape index (κ1) is 18.5. The molecule has 4 aromatic rings. The van der Waals surface area contributed by atoms with Crippen molar-refractivity contribution in [2.24, 2.45) is 0 Å². The van der Waals surface area contributed by atoms with Crippen LogP contribution in [0, 0.1) is 12.3 Å². The van der Waals surface area contributed by atoms with Gasteiger partial charge in [-0.25, -0.2) is 0 Å². The van der Waals surface area contributed by atoms with Gasteiger partial charge in [-0.15, -0.1) is 12.3 Å². The van der Waals surface area contributed by atoms with Gasteiger partial charge in [0.05, 0.1) is 11.1 Å². The number of hydrogen-bond acceptors (Lipinski definition) is 3. The second-order valence-electron chi connectivity index (χ2n) is 6.73. The molecule has 0 aliphatic heterocycles. The molecule has 142 valence electrons. The number of aromatic nitrogens is 3. The van der Waals surface area contributed by atoms with Crippen LogP contribution in [-0.2, 0) is 6.42 Å².